The second-order valence-corrected chi connectivity index (χ2v) is 7.64. The molecule has 136 valence electrons. The molecule has 0 radical (unpaired) electrons. The molecule has 0 aliphatic carbocycles. The maximum Gasteiger partial charge on any atom is 0.250 e. The molecule has 6 nitrogen and oxygen atoms in total. The van der Waals surface area contributed by atoms with Gasteiger partial charge in [0.1, 0.15) is 11.2 Å². The first-order valence-electron chi connectivity index (χ1n) is 8.28. The molecule has 2 aromatic heterocycles. The van der Waals surface area contributed by atoms with Crippen LogP contribution in [0.4, 0.5) is 0 Å². The number of aromatic nitrogens is 3. The second kappa shape index (κ2) is 5.79. The van der Waals surface area contributed by atoms with E-state index in [0.29, 0.717) is 16.9 Å². The number of hydrogen-bond acceptors (Lipinski definition) is 4. The molecule has 0 atom stereocenters. The highest BCUT2D eigenvalue weighted by Gasteiger charge is 2.41. The molecule has 4 N–H and O–H groups in total. The summed E-state index contributed by atoms with van der Waals surface area (Å²) in [6.45, 7) is 8.63. The lowest BCUT2D eigenvalue weighted by atomic mass is 9.92. The van der Waals surface area contributed by atoms with E-state index in [0.717, 1.165) is 11.2 Å². The number of para-hydroxylation sites is 1. The smallest absolute Gasteiger partial charge is 0.250 e. The van der Waals surface area contributed by atoms with Crippen LogP contribution in [0, 0.1) is 0 Å². The lowest BCUT2D eigenvalue weighted by molar-refractivity contribution is 0.100. The summed E-state index contributed by atoms with van der Waals surface area (Å²) in [5.41, 5.74) is 10.1. The minimum atomic E-state index is -0.488. The first-order chi connectivity index (χ1) is 11.7. The number of fused-ring (bicyclic) bond motifs is 2. The van der Waals surface area contributed by atoms with Gasteiger partial charge in [-0.1, -0.05) is 6.07 Å². The van der Waals surface area contributed by atoms with Gasteiger partial charge in [-0.05, 0) is 57.0 Å². The van der Waals surface area contributed by atoms with Crippen LogP contribution < -0.4 is 11.1 Å². The molecule has 0 bridgehead atoms. The monoisotopic (exact) mass is 371 g/mol. The fraction of sp³-hybridized carbons (Fsp3) is 0.316. The molecule has 3 aromatic rings. The summed E-state index contributed by atoms with van der Waals surface area (Å²) in [6, 6.07) is 7.41. The van der Waals surface area contributed by atoms with E-state index in [1.807, 2.05) is 12.3 Å². The van der Waals surface area contributed by atoms with Crippen molar-refractivity contribution in [3.05, 3.63) is 47.2 Å². The number of primary amides is 1. The van der Waals surface area contributed by atoms with E-state index in [9.17, 15) is 4.79 Å². The molecule has 7 heteroatoms. The molecule has 1 aromatic carbocycles. The largest absolute Gasteiger partial charge is 0.366 e. The number of carbonyl (C=O) groups is 1. The van der Waals surface area contributed by atoms with Crippen molar-refractivity contribution in [2.45, 2.75) is 38.8 Å². The number of amides is 1. The number of halogens is 1. The standard InChI is InChI=1S/C19H21N5O.ClH/c1-18(2)11-8-14(21-9-12(11)19(3,4)24-18)17-22-13-7-5-6-10(16(20)25)15(13)23-17;/h5-9,24H,1-4H3,(H2,20,25)(H,22,23);1H. The number of hydrogen-bond donors (Lipinski definition) is 3. The SMILES string of the molecule is CC1(C)NC(C)(C)c2cc(-c3nc4c(C(N)=O)cccc4[nH]3)ncc21.Cl. The normalized spacial score (nSPS) is 16.9. The molecule has 3 heterocycles. The predicted octanol–water partition coefficient (Wildman–Crippen LogP) is 3.22. The Morgan fingerprint density at radius 2 is 1.81 bits per heavy atom. The Morgan fingerprint density at radius 1 is 1.12 bits per heavy atom. The van der Waals surface area contributed by atoms with Crippen LogP contribution in [-0.2, 0) is 11.1 Å². The summed E-state index contributed by atoms with van der Waals surface area (Å²) >= 11 is 0. The van der Waals surface area contributed by atoms with E-state index in [-0.39, 0.29) is 23.5 Å². The molecule has 0 fully saturated rings. The Morgan fingerprint density at radius 3 is 2.50 bits per heavy atom. The van der Waals surface area contributed by atoms with Gasteiger partial charge in [-0.2, -0.15) is 0 Å². The van der Waals surface area contributed by atoms with Crippen molar-refractivity contribution in [1.82, 2.24) is 20.3 Å². The van der Waals surface area contributed by atoms with Gasteiger partial charge in [0.05, 0.1) is 11.1 Å². The highest BCUT2D eigenvalue weighted by molar-refractivity contribution is 6.04. The van der Waals surface area contributed by atoms with E-state index in [4.69, 9.17) is 5.73 Å². The van der Waals surface area contributed by atoms with E-state index in [1.165, 1.54) is 11.1 Å². The van der Waals surface area contributed by atoms with Gasteiger partial charge in [0, 0.05) is 17.3 Å². The van der Waals surface area contributed by atoms with Gasteiger partial charge in [-0.15, -0.1) is 12.4 Å². The zero-order chi connectivity index (χ0) is 18.0. The molecule has 0 saturated carbocycles. The van der Waals surface area contributed by atoms with Crippen LogP contribution in [0.5, 0.6) is 0 Å². The molecule has 0 unspecified atom stereocenters. The van der Waals surface area contributed by atoms with Gasteiger partial charge in [-0.3, -0.25) is 15.1 Å². The molecular weight excluding hydrogens is 350 g/mol. The first-order valence-corrected chi connectivity index (χ1v) is 8.28. The average molecular weight is 372 g/mol. The molecule has 1 aliphatic heterocycles. The van der Waals surface area contributed by atoms with Crippen molar-refractivity contribution in [2.75, 3.05) is 0 Å². The van der Waals surface area contributed by atoms with E-state index in [1.54, 1.807) is 12.1 Å². The molecular formula is C19H22ClN5O. The number of aromatic amines is 1. The van der Waals surface area contributed by atoms with Gasteiger partial charge in [0.25, 0.3) is 5.91 Å². The summed E-state index contributed by atoms with van der Waals surface area (Å²) in [5.74, 6) is 0.143. The number of H-pyrrole nitrogens is 1. The summed E-state index contributed by atoms with van der Waals surface area (Å²) in [7, 11) is 0. The highest BCUT2D eigenvalue weighted by atomic mass is 35.5. The van der Waals surface area contributed by atoms with Crippen molar-refractivity contribution in [1.29, 1.82) is 0 Å². The number of pyridine rings is 1. The zero-order valence-electron chi connectivity index (χ0n) is 15.2. The molecule has 1 aliphatic rings. The lowest BCUT2D eigenvalue weighted by Crippen LogP contribution is -2.39. The van der Waals surface area contributed by atoms with Crippen LogP contribution in [0.2, 0.25) is 0 Å². The van der Waals surface area contributed by atoms with Crippen molar-refractivity contribution in [2.24, 2.45) is 5.73 Å². The predicted molar refractivity (Wildman–Crippen MR) is 104 cm³/mol. The summed E-state index contributed by atoms with van der Waals surface area (Å²) in [4.78, 5) is 24.0. The fourth-order valence-electron chi connectivity index (χ4n) is 3.87. The zero-order valence-corrected chi connectivity index (χ0v) is 16.0. The Bertz CT molecular complexity index is 1020. The highest BCUT2D eigenvalue weighted by Crippen LogP contribution is 2.41. The number of rotatable bonds is 2. The third kappa shape index (κ3) is 2.66. The van der Waals surface area contributed by atoms with Crippen molar-refractivity contribution in [3.8, 4) is 11.5 Å². The van der Waals surface area contributed by atoms with Gasteiger partial charge in [0.2, 0.25) is 0 Å². The number of benzene rings is 1. The fourth-order valence-corrected chi connectivity index (χ4v) is 3.87. The number of nitrogens with zero attached hydrogens (tertiary/aromatic N) is 2. The lowest BCUT2D eigenvalue weighted by Gasteiger charge is -2.25. The van der Waals surface area contributed by atoms with Crippen LogP contribution >= 0.6 is 12.4 Å². The van der Waals surface area contributed by atoms with E-state index < -0.39 is 5.91 Å². The second-order valence-electron chi connectivity index (χ2n) is 7.64. The van der Waals surface area contributed by atoms with Crippen LogP contribution in [0.25, 0.3) is 22.6 Å². The number of nitrogens with one attached hydrogen (secondary N) is 2. The quantitative estimate of drug-likeness (QED) is 0.644. The maximum absolute atomic E-state index is 11.6. The van der Waals surface area contributed by atoms with Crippen LogP contribution in [0.3, 0.4) is 0 Å². The van der Waals surface area contributed by atoms with Gasteiger partial charge in [-0.25, -0.2) is 4.98 Å². The Labute approximate surface area is 158 Å². The maximum atomic E-state index is 11.6. The first kappa shape index (κ1) is 18.4. The van der Waals surface area contributed by atoms with E-state index in [2.05, 4.69) is 54.0 Å². The van der Waals surface area contributed by atoms with Crippen molar-refractivity contribution >= 4 is 29.3 Å². The van der Waals surface area contributed by atoms with Crippen LogP contribution in [-0.4, -0.2) is 20.9 Å². The summed E-state index contributed by atoms with van der Waals surface area (Å²) in [6.07, 6.45) is 1.91. The Balaban J connectivity index is 0.00000196. The minimum Gasteiger partial charge on any atom is -0.366 e. The number of imidazole rings is 1. The minimum absolute atomic E-state index is 0. The van der Waals surface area contributed by atoms with E-state index >= 15 is 0 Å². The molecule has 0 spiro atoms. The van der Waals surface area contributed by atoms with Crippen LogP contribution in [0.1, 0.15) is 49.2 Å². The van der Waals surface area contributed by atoms with Gasteiger partial charge < -0.3 is 10.7 Å². The number of carbonyl (C=O) groups excluding carboxylic acids is 1. The third-order valence-corrected chi connectivity index (χ3v) is 4.90. The summed E-state index contributed by atoms with van der Waals surface area (Å²) < 4.78 is 0. The topological polar surface area (TPSA) is 96.7 Å². The van der Waals surface area contributed by atoms with Crippen LogP contribution in [0.15, 0.2) is 30.5 Å². The molecule has 1 amide bonds. The average Bonchev–Trinajstić information content (AvgIpc) is 3.03. The molecule has 0 saturated heterocycles. The molecule has 26 heavy (non-hydrogen) atoms. The molecule has 4 rings (SSSR count). The van der Waals surface area contributed by atoms with Gasteiger partial charge >= 0.3 is 0 Å². The van der Waals surface area contributed by atoms with Crippen molar-refractivity contribution < 1.29 is 4.79 Å². The third-order valence-electron chi connectivity index (χ3n) is 4.90. The Kier molecular flexibility index (Phi) is 4.09. The van der Waals surface area contributed by atoms with Gasteiger partial charge in [0.15, 0.2) is 5.82 Å². The Hall–Kier alpha value is -2.44. The van der Waals surface area contributed by atoms with Crippen molar-refractivity contribution in [3.63, 3.8) is 0 Å². The number of nitrogens with two attached hydrogens (primary N) is 1. The summed E-state index contributed by atoms with van der Waals surface area (Å²) in [5, 5.41) is 3.63.